The number of azide groups is 1. The molecule has 5 N–H and O–H groups in total. The predicted octanol–water partition coefficient (Wildman–Crippen LogP) is 5.50. The monoisotopic (exact) mass is 1380 g/mol. The number of aliphatic hydroxyl groups excluding tert-OH is 4. The zero-order valence-electron chi connectivity index (χ0n) is 54.3. The summed E-state index contributed by atoms with van der Waals surface area (Å²) < 4.78 is 79.0. The van der Waals surface area contributed by atoms with Crippen LogP contribution in [-0.4, -0.2) is 257 Å². The molecule has 8 heterocycles. The highest BCUT2D eigenvalue weighted by Gasteiger charge is 2.36. The van der Waals surface area contributed by atoms with Crippen LogP contribution in [0.25, 0.3) is 10.4 Å². The summed E-state index contributed by atoms with van der Waals surface area (Å²) >= 11 is 0. The summed E-state index contributed by atoms with van der Waals surface area (Å²) in [5, 5.41) is 56.5. The van der Waals surface area contributed by atoms with E-state index < -0.39 is 42.4 Å². The summed E-state index contributed by atoms with van der Waals surface area (Å²) in [4.78, 5) is 51.3. The highest BCUT2D eigenvalue weighted by Crippen LogP contribution is 2.32. The van der Waals surface area contributed by atoms with Crippen molar-refractivity contribution in [2.45, 2.75) is 84.8 Å². The van der Waals surface area contributed by atoms with Crippen LogP contribution in [0.2, 0.25) is 0 Å². The number of carbonyl (C=O) groups is 3. The SMILES string of the molecule is C.C.C#CCCCO.CN(CCO)CCCc1cn(C[C@H]2CN(c3ccc(N4CCOCC4)c(F)c3)C(=O)O2)nn1.CNCCO.O=C1O[C@@H](Cn2cc(CCCO)nn2)CN1c1ccc(N2CCOCC2)c(F)c1.[N-]=[N+]=NC[C@H]1CN(c2ccc(N3CCOCC3)c(F)c2)C(=O)O1. The Balaban J connectivity index is 0.000000246. The third-order valence-corrected chi connectivity index (χ3v) is 15.6. The van der Waals surface area contributed by atoms with Gasteiger partial charge in [-0.3, -0.25) is 14.7 Å². The first-order chi connectivity index (χ1) is 46.7. The lowest BCUT2D eigenvalue weighted by atomic mass is 10.2. The largest absolute Gasteiger partial charge is 0.444 e. The third-order valence-electron chi connectivity index (χ3n) is 15.6. The second-order valence-corrected chi connectivity index (χ2v) is 22.6. The van der Waals surface area contributed by atoms with E-state index in [9.17, 15) is 27.6 Å². The predicted molar refractivity (Wildman–Crippen MR) is 363 cm³/mol. The van der Waals surface area contributed by atoms with E-state index in [1.807, 2.05) is 27.9 Å². The van der Waals surface area contributed by atoms with Crippen LogP contribution in [0, 0.1) is 29.8 Å². The zero-order chi connectivity index (χ0) is 68.6. The maximum absolute atomic E-state index is 14.8. The Labute approximate surface area is 570 Å². The lowest BCUT2D eigenvalue weighted by Crippen LogP contribution is -2.36. The number of aryl methyl sites for hydroxylation is 2. The van der Waals surface area contributed by atoms with Gasteiger partial charge in [-0.1, -0.05) is 30.4 Å². The van der Waals surface area contributed by atoms with Gasteiger partial charge in [0.15, 0.2) is 0 Å². The van der Waals surface area contributed by atoms with Crippen molar-refractivity contribution in [1.82, 2.24) is 40.2 Å². The van der Waals surface area contributed by atoms with E-state index in [1.165, 1.54) is 32.9 Å². The van der Waals surface area contributed by atoms with Crippen molar-refractivity contribution >= 4 is 52.4 Å². The van der Waals surface area contributed by atoms with Crippen molar-refractivity contribution < 1.29 is 76.4 Å². The summed E-state index contributed by atoms with van der Waals surface area (Å²) in [5.74, 6) is 1.28. The Hall–Kier alpha value is -8.55. The molecule has 0 unspecified atom stereocenters. The normalized spacial score (nSPS) is 18.0. The fourth-order valence-corrected chi connectivity index (χ4v) is 10.7. The number of benzene rings is 3. The lowest BCUT2D eigenvalue weighted by Gasteiger charge is -2.29. The summed E-state index contributed by atoms with van der Waals surface area (Å²) in [6.07, 6.45) is 9.98. The van der Waals surface area contributed by atoms with Gasteiger partial charge >= 0.3 is 18.3 Å². The van der Waals surface area contributed by atoms with Gasteiger partial charge < -0.3 is 73.8 Å². The number of anilines is 6. The Bertz CT molecular complexity index is 3290. The van der Waals surface area contributed by atoms with E-state index in [0.717, 1.165) is 37.2 Å². The number of hydrogen-bond donors (Lipinski definition) is 5. The minimum atomic E-state index is -0.568. The minimum absolute atomic E-state index is 0. The van der Waals surface area contributed by atoms with Crippen molar-refractivity contribution in [2.24, 2.45) is 5.11 Å². The Morgan fingerprint density at radius 1 is 0.602 bits per heavy atom. The number of likely N-dealkylation sites (N-methyl/N-ethyl adjacent to an activating group) is 2. The van der Waals surface area contributed by atoms with Gasteiger partial charge in [0, 0.05) is 89.3 Å². The van der Waals surface area contributed by atoms with Gasteiger partial charge in [0.1, 0.15) is 35.8 Å². The van der Waals surface area contributed by atoms with Gasteiger partial charge in [0.05, 0.1) is 138 Å². The topological polar surface area (TPSA) is 332 Å². The summed E-state index contributed by atoms with van der Waals surface area (Å²) in [6, 6.07) is 14.3. The van der Waals surface area contributed by atoms with Gasteiger partial charge in [-0.2, -0.15) is 0 Å². The molecule has 0 aliphatic carbocycles. The van der Waals surface area contributed by atoms with E-state index >= 15 is 0 Å². The number of aromatic nitrogens is 6. The number of nitrogens with one attached hydrogen (secondary N) is 1. The van der Waals surface area contributed by atoms with Crippen LogP contribution in [0.3, 0.4) is 0 Å². The fraction of sp³-hybridized carbons (Fsp3) is 0.585. The number of unbranched alkanes of at least 4 members (excludes halogenated alkanes) is 1. The highest BCUT2D eigenvalue weighted by atomic mass is 19.1. The van der Waals surface area contributed by atoms with Crippen LogP contribution in [0.5, 0.6) is 0 Å². The average molecular weight is 1380 g/mol. The number of halogens is 3. The van der Waals surface area contributed by atoms with Gasteiger partial charge in [-0.05, 0) is 113 Å². The van der Waals surface area contributed by atoms with E-state index in [0.29, 0.717) is 172 Å². The Kier molecular flexibility index (Phi) is 35.1. The van der Waals surface area contributed by atoms with Crippen molar-refractivity contribution in [3.05, 3.63) is 106 Å². The number of aliphatic hydroxyl groups is 4. The zero-order valence-corrected chi connectivity index (χ0v) is 54.3. The highest BCUT2D eigenvalue weighted by molar-refractivity contribution is 5.91. The molecule has 6 fully saturated rings. The summed E-state index contributed by atoms with van der Waals surface area (Å²) in [5.41, 5.74) is 12.8. The number of ether oxygens (including phenoxy) is 6. The molecule has 6 saturated heterocycles. The van der Waals surface area contributed by atoms with Crippen LogP contribution in [0.15, 0.2) is 72.1 Å². The number of amides is 3. The first-order valence-corrected chi connectivity index (χ1v) is 32.0. The Morgan fingerprint density at radius 3 is 1.34 bits per heavy atom. The molecule has 0 saturated carbocycles. The van der Waals surface area contributed by atoms with Crippen LogP contribution >= 0.6 is 0 Å². The maximum Gasteiger partial charge on any atom is 0.414 e. The van der Waals surface area contributed by atoms with Crippen molar-refractivity contribution in [2.75, 3.05) is 195 Å². The van der Waals surface area contributed by atoms with E-state index in [1.54, 1.807) is 59.0 Å². The van der Waals surface area contributed by atoms with Crippen LogP contribution < -0.4 is 34.7 Å². The number of terminal acetylenes is 1. The third kappa shape index (κ3) is 24.8. The van der Waals surface area contributed by atoms with E-state index in [4.69, 9.17) is 60.8 Å². The number of rotatable bonds is 25. The molecule has 6 aliphatic rings. The minimum Gasteiger partial charge on any atom is -0.444 e. The average Bonchev–Trinajstić information content (AvgIpc) is 1.56. The van der Waals surface area contributed by atoms with Crippen LogP contribution in [0.4, 0.5) is 61.7 Å². The smallest absolute Gasteiger partial charge is 0.414 e. The molecular weight excluding hydrogens is 1280 g/mol. The van der Waals surface area contributed by atoms with Gasteiger partial charge in [0.25, 0.3) is 0 Å². The molecular formula is C65H96F3N17O13. The summed E-state index contributed by atoms with van der Waals surface area (Å²) in [7, 11) is 3.77. The van der Waals surface area contributed by atoms with Crippen LogP contribution in [-0.2, 0) is 54.4 Å². The quantitative estimate of drug-likeness (QED) is 0.0120. The van der Waals surface area contributed by atoms with Crippen LogP contribution in [0.1, 0.15) is 51.9 Å². The molecule has 2 aromatic heterocycles. The molecule has 5 aromatic rings. The van der Waals surface area contributed by atoms with E-state index in [-0.39, 0.29) is 66.0 Å². The molecule has 30 nitrogen and oxygen atoms in total. The maximum atomic E-state index is 14.8. The first kappa shape index (κ1) is 80.1. The van der Waals surface area contributed by atoms with Gasteiger partial charge in [-0.25, -0.2) is 36.9 Å². The molecule has 0 bridgehead atoms. The number of hydrogen-bond acceptors (Lipinski definition) is 23. The lowest BCUT2D eigenvalue weighted by molar-refractivity contribution is 0.122. The number of cyclic esters (lactones) is 3. The number of carbonyl (C=O) groups excluding carboxylic acids is 3. The van der Waals surface area contributed by atoms with Crippen molar-refractivity contribution in [3.63, 3.8) is 0 Å². The molecule has 11 rings (SSSR count). The Morgan fingerprint density at radius 2 is 1.00 bits per heavy atom. The molecule has 540 valence electrons. The molecule has 3 aromatic carbocycles. The standard InChI is InChI=1S/C22H31FN6O4.C19H24FN5O4.C14H16FN5O3.C5H8O.C3H9NO.2CH4/c1-26(7-10-30)6-2-3-17-14-28(25-24-17)15-19-16-29(22(31)33-19)18-4-5-21(20(23)13-18)27-8-11-32-12-9-27;20-17-10-15(3-4-18(17)23-5-8-28-9-6-23)25-13-16(29-19(25)27)12-24-11-14(21-22-24)2-1-7-26;15-12-7-10(1-2-13(12)19-3-5-22-6-4-19)20-9-11(8-17-18-16)23-14(20)21;1-2-3-4-5-6;1-4-2-3-5;;/h4-5,13-14,19,30H,2-3,6-12,15-16H2,1H3;3-4,10-11,16,26H,1-2,5-9,12-13H2;1-2,7,11H,3-6,8-9H2;1,6H,3-5H2;4-5H,2-3H2,1H3;2*1H4/t19-;16-;11-;;;;/m000..../s1. The fourth-order valence-electron chi connectivity index (χ4n) is 10.7. The molecule has 3 amide bonds. The van der Waals surface area contributed by atoms with Crippen molar-refractivity contribution in [3.8, 4) is 12.3 Å². The second-order valence-electron chi connectivity index (χ2n) is 22.6. The van der Waals surface area contributed by atoms with Gasteiger partial charge in [0.2, 0.25) is 0 Å². The molecule has 3 atom stereocenters. The van der Waals surface area contributed by atoms with Gasteiger partial charge in [-0.15, -0.1) is 22.5 Å². The number of morpholine rings is 3. The first-order valence-electron chi connectivity index (χ1n) is 32.0. The molecule has 6 aliphatic heterocycles. The molecule has 98 heavy (non-hydrogen) atoms. The molecule has 33 heteroatoms. The van der Waals surface area contributed by atoms with E-state index in [2.05, 4.69) is 46.8 Å². The molecule has 0 radical (unpaired) electrons. The summed E-state index contributed by atoms with van der Waals surface area (Å²) in [6.45, 7) is 11.8. The number of nitrogens with zero attached hydrogens (tertiary/aromatic N) is 16. The molecule has 0 spiro atoms. The second kappa shape index (κ2) is 43.0. The van der Waals surface area contributed by atoms with Crippen molar-refractivity contribution in [1.29, 1.82) is 0 Å².